The summed E-state index contributed by atoms with van der Waals surface area (Å²) in [6.07, 6.45) is 3.18. The number of rotatable bonds is 5. The third-order valence-corrected chi connectivity index (χ3v) is 3.76. The molecule has 0 saturated heterocycles. The number of hydrogen-bond acceptors (Lipinski definition) is 4. The molecule has 0 saturated carbocycles. The van der Waals surface area contributed by atoms with Gasteiger partial charge in [-0.15, -0.1) is 0 Å². The van der Waals surface area contributed by atoms with E-state index >= 15 is 0 Å². The molecule has 122 valence electrons. The van der Waals surface area contributed by atoms with Gasteiger partial charge in [0.2, 0.25) is 5.91 Å². The van der Waals surface area contributed by atoms with Gasteiger partial charge in [-0.25, -0.2) is 4.98 Å². The van der Waals surface area contributed by atoms with E-state index in [1.807, 2.05) is 24.3 Å². The van der Waals surface area contributed by atoms with Gasteiger partial charge in [-0.1, -0.05) is 23.7 Å². The second-order valence-electron chi connectivity index (χ2n) is 5.14. The number of aromatic nitrogens is 1. The zero-order valence-electron chi connectivity index (χ0n) is 13.0. The van der Waals surface area contributed by atoms with Crippen LogP contribution in [0.1, 0.15) is 5.56 Å². The van der Waals surface area contributed by atoms with Gasteiger partial charge in [-0.05, 0) is 35.9 Å². The molecule has 0 radical (unpaired) electrons. The Labute approximate surface area is 144 Å². The van der Waals surface area contributed by atoms with Crippen molar-refractivity contribution in [1.29, 1.82) is 0 Å². The number of methoxy groups -OCH3 is 1. The topological polar surface area (TPSA) is 64.4 Å². The van der Waals surface area contributed by atoms with Gasteiger partial charge < -0.3 is 14.5 Å². The summed E-state index contributed by atoms with van der Waals surface area (Å²) in [7, 11) is 1.59. The van der Waals surface area contributed by atoms with E-state index in [-0.39, 0.29) is 12.3 Å². The first-order valence-electron chi connectivity index (χ1n) is 7.27. The number of amides is 1. The summed E-state index contributed by atoms with van der Waals surface area (Å²) in [5.74, 6) is 1.17. The van der Waals surface area contributed by atoms with Crippen LogP contribution in [0.5, 0.6) is 5.75 Å². The van der Waals surface area contributed by atoms with Crippen molar-refractivity contribution in [2.45, 2.75) is 6.42 Å². The second kappa shape index (κ2) is 7.19. The number of ether oxygens (including phenoxy) is 1. The van der Waals surface area contributed by atoms with Gasteiger partial charge in [-0.3, -0.25) is 4.79 Å². The monoisotopic (exact) mass is 342 g/mol. The van der Waals surface area contributed by atoms with E-state index in [1.165, 1.54) is 6.39 Å². The molecule has 0 aliphatic rings. The lowest BCUT2D eigenvalue weighted by Gasteiger charge is -2.08. The van der Waals surface area contributed by atoms with Crippen molar-refractivity contribution >= 4 is 23.2 Å². The maximum atomic E-state index is 12.2. The van der Waals surface area contributed by atoms with Crippen molar-refractivity contribution in [2.24, 2.45) is 0 Å². The third kappa shape index (κ3) is 3.75. The number of benzene rings is 2. The number of nitrogens with one attached hydrogen (secondary N) is 1. The van der Waals surface area contributed by atoms with Crippen LogP contribution < -0.4 is 10.1 Å². The van der Waals surface area contributed by atoms with Crippen molar-refractivity contribution in [1.82, 2.24) is 4.98 Å². The SMILES string of the molecule is COc1cccc(CC(=O)Nc2ccc(-c3cnco3)c(Cl)c2)c1. The number of carbonyl (C=O) groups excluding carboxylic acids is 1. The maximum absolute atomic E-state index is 12.2. The zero-order chi connectivity index (χ0) is 16.9. The molecule has 2 aromatic carbocycles. The predicted octanol–water partition coefficient (Wildman–Crippen LogP) is 4.18. The minimum absolute atomic E-state index is 0.133. The Bertz CT molecular complexity index is 847. The van der Waals surface area contributed by atoms with Crippen molar-refractivity contribution in [3.63, 3.8) is 0 Å². The van der Waals surface area contributed by atoms with Crippen molar-refractivity contribution in [2.75, 3.05) is 12.4 Å². The molecular formula is C18H15ClN2O3. The Kier molecular flexibility index (Phi) is 4.82. The molecule has 1 aromatic heterocycles. The number of anilines is 1. The maximum Gasteiger partial charge on any atom is 0.228 e. The highest BCUT2D eigenvalue weighted by molar-refractivity contribution is 6.33. The van der Waals surface area contributed by atoms with E-state index in [9.17, 15) is 4.79 Å². The molecule has 0 bridgehead atoms. The average Bonchev–Trinajstić information content (AvgIpc) is 3.09. The van der Waals surface area contributed by atoms with Gasteiger partial charge in [0.05, 0.1) is 24.8 Å². The molecule has 6 heteroatoms. The Balaban J connectivity index is 1.69. The number of carbonyl (C=O) groups is 1. The first-order valence-corrected chi connectivity index (χ1v) is 7.64. The zero-order valence-corrected chi connectivity index (χ0v) is 13.7. The number of halogens is 1. The highest BCUT2D eigenvalue weighted by Gasteiger charge is 2.10. The Morgan fingerprint density at radius 3 is 2.88 bits per heavy atom. The second-order valence-corrected chi connectivity index (χ2v) is 5.54. The van der Waals surface area contributed by atoms with E-state index in [4.69, 9.17) is 20.8 Å². The van der Waals surface area contributed by atoms with Crippen LogP contribution in [0.3, 0.4) is 0 Å². The van der Waals surface area contributed by atoms with E-state index in [2.05, 4.69) is 10.3 Å². The van der Waals surface area contributed by atoms with Gasteiger partial charge in [0, 0.05) is 11.3 Å². The van der Waals surface area contributed by atoms with E-state index in [1.54, 1.807) is 31.5 Å². The van der Waals surface area contributed by atoms with E-state index < -0.39 is 0 Å². The molecule has 1 N–H and O–H groups in total. The molecule has 24 heavy (non-hydrogen) atoms. The molecule has 1 heterocycles. The van der Waals surface area contributed by atoms with Gasteiger partial charge in [0.25, 0.3) is 0 Å². The lowest BCUT2D eigenvalue weighted by molar-refractivity contribution is -0.115. The van der Waals surface area contributed by atoms with Crippen LogP contribution in [0.4, 0.5) is 5.69 Å². The molecule has 0 unspecified atom stereocenters. The lowest BCUT2D eigenvalue weighted by Crippen LogP contribution is -2.14. The van der Waals surface area contributed by atoms with Crippen molar-refractivity contribution < 1.29 is 13.9 Å². The lowest BCUT2D eigenvalue weighted by atomic mass is 10.1. The van der Waals surface area contributed by atoms with Crippen LogP contribution in [0.2, 0.25) is 5.02 Å². The summed E-state index contributed by atoms with van der Waals surface area (Å²) >= 11 is 6.25. The molecule has 5 nitrogen and oxygen atoms in total. The van der Waals surface area contributed by atoms with Crippen LogP contribution >= 0.6 is 11.6 Å². The molecule has 0 aliphatic heterocycles. The largest absolute Gasteiger partial charge is 0.497 e. The summed E-state index contributed by atoms with van der Waals surface area (Å²) in [4.78, 5) is 16.0. The molecular weight excluding hydrogens is 328 g/mol. The van der Waals surface area contributed by atoms with Gasteiger partial charge in [-0.2, -0.15) is 0 Å². The molecule has 0 atom stereocenters. The number of hydrogen-bond donors (Lipinski definition) is 1. The van der Waals surface area contributed by atoms with Crippen LogP contribution in [-0.4, -0.2) is 18.0 Å². The highest BCUT2D eigenvalue weighted by Crippen LogP contribution is 2.30. The third-order valence-electron chi connectivity index (χ3n) is 3.45. The fraction of sp³-hybridized carbons (Fsp3) is 0.111. The van der Waals surface area contributed by atoms with E-state index in [0.717, 1.165) is 16.9 Å². The Morgan fingerprint density at radius 1 is 1.29 bits per heavy atom. The fourth-order valence-corrected chi connectivity index (χ4v) is 2.59. The van der Waals surface area contributed by atoms with Crippen molar-refractivity contribution in [3.8, 4) is 17.1 Å². The summed E-state index contributed by atoms with van der Waals surface area (Å²) in [6.45, 7) is 0. The van der Waals surface area contributed by atoms with Crippen molar-refractivity contribution in [3.05, 3.63) is 65.6 Å². The van der Waals surface area contributed by atoms with Gasteiger partial charge in [0.1, 0.15) is 5.75 Å². The summed E-state index contributed by atoms with van der Waals surface area (Å²) in [6, 6.07) is 12.6. The first-order chi connectivity index (χ1) is 11.7. The van der Waals surface area contributed by atoms with Gasteiger partial charge in [0.15, 0.2) is 12.2 Å². The van der Waals surface area contributed by atoms with Crippen LogP contribution in [0.15, 0.2) is 59.5 Å². The average molecular weight is 343 g/mol. The molecule has 3 aromatic rings. The van der Waals surface area contributed by atoms with Crippen LogP contribution in [0.25, 0.3) is 11.3 Å². The summed E-state index contributed by atoms with van der Waals surface area (Å²) < 4.78 is 10.4. The van der Waals surface area contributed by atoms with Gasteiger partial charge >= 0.3 is 0 Å². The number of nitrogens with zero attached hydrogens (tertiary/aromatic N) is 1. The minimum Gasteiger partial charge on any atom is -0.497 e. The Morgan fingerprint density at radius 2 is 2.17 bits per heavy atom. The quantitative estimate of drug-likeness (QED) is 0.755. The highest BCUT2D eigenvalue weighted by atomic mass is 35.5. The molecule has 1 amide bonds. The smallest absolute Gasteiger partial charge is 0.228 e. The predicted molar refractivity (Wildman–Crippen MR) is 92.3 cm³/mol. The molecule has 0 aliphatic carbocycles. The molecule has 0 fully saturated rings. The normalized spacial score (nSPS) is 10.4. The fourth-order valence-electron chi connectivity index (χ4n) is 2.31. The standard InChI is InChI=1S/C18H15ClN2O3/c1-23-14-4-2-3-12(7-14)8-18(22)21-13-5-6-15(16(19)9-13)17-10-20-11-24-17/h2-7,9-11H,8H2,1H3,(H,21,22). The van der Waals surface area contributed by atoms with E-state index in [0.29, 0.717) is 16.5 Å². The molecule has 3 rings (SSSR count). The summed E-state index contributed by atoms with van der Waals surface area (Å²) in [5.41, 5.74) is 2.22. The Hall–Kier alpha value is -2.79. The van der Waals surface area contributed by atoms with Crippen LogP contribution in [-0.2, 0) is 11.2 Å². The first kappa shape index (κ1) is 16.1. The minimum atomic E-state index is -0.133. The summed E-state index contributed by atoms with van der Waals surface area (Å²) in [5, 5.41) is 3.31. The number of oxazole rings is 1. The molecule has 0 spiro atoms. The van der Waals surface area contributed by atoms with Crippen LogP contribution in [0, 0.1) is 0 Å².